The van der Waals surface area contributed by atoms with E-state index in [1.807, 2.05) is 12.1 Å². The number of morpholine rings is 1. The Kier molecular flexibility index (Phi) is 5.57. The molecule has 0 saturated carbocycles. The molecule has 1 heterocycles. The number of amides is 1. The predicted molar refractivity (Wildman–Crippen MR) is 78.7 cm³/mol. The number of carbonyl (C=O) groups is 2. The van der Waals surface area contributed by atoms with Gasteiger partial charge in [-0.1, -0.05) is 0 Å². The van der Waals surface area contributed by atoms with Crippen molar-refractivity contribution in [1.29, 1.82) is 0 Å². The van der Waals surface area contributed by atoms with Gasteiger partial charge in [-0.15, -0.1) is 0 Å². The van der Waals surface area contributed by atoms with Gasteiger partial charge < -0.3 is 20.1 Å². The number of ether oxygens (including phenoxy) is 1. The molecular weight excluding hydrogens is 272 g/mol. The smallest absolute Gasteiger partial charge is 0.303 e. The number of carboxylic acid groups (broad SMARTS) is 1. The first-order valence-corrected chi connectivity index (χ1v) is 7.09. The van der Waals surface area contributed by atoms with Crippen LogP contribution in [0.1, 0.15) is 23.2 Å². The third kappa shape index (κ3) is 4.75. The lowest BCUT2D eigenvalue weighted by atomic mass is 10.1. The normalized spacial score (nSPS) is 14.8. The molecular formula is C15H20N2O4. The molecule has 1 aliphatic rings. The first-order chi connectivity index (χ1) is 10.2. The molecule has 1 saturated heterocycles. The van der Waals surface area contributed by atoms with Crippen LogP contribution in [0.25, 0.3) is 0 Å². The lowest BCUT2D eigenvalue weighted by molar-refractivity contribution is -0.137. The van der Waals surface area contributed by atoms with E-state index in [1.165, 1.54) is 0 Å². The number of hydrogen-bond donors (Lipinski definition) is 2. The number of nitrogens with one attached hydrogen (secondary N) is 1. The molecule has 1 amide bonds. The molecule has 0 radical (unpaired) electrons. The molecule has 2 rings (SSSR count). The Labute approximate surface area is 123 Å². The highest BCUT2D eigenvalue weighted by molar-refractivity contribution is 5.94. The fraction of sp³-hybridized carbons (Fsp3) is 0.467. The van der Waals surface area contributed by atoms with Gasteiger partial charge in [0, 0.05) is 37.3 Å². The Hall–Kier alpha value is -2.08. The number of anilines is 1. The van der Waals surface area contributed by atoms with E-state index in [4.69, 9.17) is 9.84 Å². The highest BCUT2D eigenvalue weighted by Crippen LogP contribution is 2.16. The van der Waals surface area contributed by atoms with Gasteiger partial charge >= 0.3 is 5.97 Å². The molecule has 1 aromatic rings. The standard InChI is InChI=1S/C15H20N2O4/c18-14(19)2-1-7-16-15(20)12-3-5-13(6-4-12)17-8-10-21-11-9-17/h3-6H,1-2,7-11H2,(H,16,20)(H,18,19). The average Bonchev–Trinajstić information content (AvgIpc) is 2.52. The SMILES string of the molecule is O=C(O)CCCNC(=O)c1ccc(N2CCOCC2)cc1. The predicted octanol–water partition coefficient (Wildman–Crippen LogP) is 1.12. The highest BCUT2D eigenvalue weighted by Gasteiger charge is 2.12. The lowest BCUT2D eigenvalue weighted by Gasteiger charge is -2.28. The fourth-order valence-corrected chi connectivity index (χ4v) is 2.19. The number of carboxylic acids is 1. The number of benzene rings is 1. The maximum atomic E-state index is 11.9. The van der Waals surface area contributed by atoms with E-state index in [9.17, 15) is 9.59 Å². The van der Waals surface area contributed by atoms with Crippen molar-refractivity contribution in [2.75, 3.05) is 37.7 Å². The molecule has 6 nitrogen and oxygen atoms in total. The second kappa shape index (κ2) is 7.64. The van der Waals surface area contributed by atoms with E-state index in [0.29, 0.717) is 18.5 Å². The summed E-state index contributed by atoms with van der Waals surface area (Å²) in [6.07, 6.45) is 0.503. The summed E-state index contributed by atoms with van der Waals surface area (Å²) in [7, 11) is 0. The fourth-order valence-electron chi connectivity index (χ4n) is 2.19. The number of carbonyl (C=O) groups excluding carboxylic acids is 1. The van der Waals surface area contributed by atoms with E-state index in [1.54, 1.807) is 12.1 Å². The Morgan fingerprint density at radius 2 is 1.86 bits per heavy atom. The van der Waals surface area contributed by atoms with E-state index in [-0.39, 0.29) is 12.3 Å². The Balaban J connectivity index is 1.83. The van der Waals surface area contributed by atoms with E-state index in [0.717, 1.165) is 32.0 Å². The van der Waals surface area contributed by atoms with Crippen LogP contribution >= 0.6 is 0 Å². The van der Waals surface area contributed by atoms with Crippen molar-refractivity contribution in [2.24, 2.45) is 0 Å². The maximum Gasteiger partial charge on any atom is 0.303 e. The van der Waals surface area contributed by atoms with Gasteiger partial charge in [-0.05, 0) is 30.7 Å². The van der Waals surface area contributed by atoms with Crippen LogP contribution in [0.3, 0.4) is 0 Å². The van der Waals surface area contributed by atoms with Crippen molar-refractivity contribution in [3.8, 4) is 0 Å². The zero-order valence-electron chi connectivity index (χ0n) is 11.9. The van der Waals surface area contributed by atoms with Crippen molar-refractivity contribution in [1.82, 2.24) is 5.32 Å². The van der Waals surface area contributed by atoms with Crippen LogP contribution in [0, 0.1) is 0 Å². The van der Waals surface area contributed by atoms with Crippen molar-refractivity contribution in [3.05, 3.63) is 29.8 Å². The van der Waals surface area contributed by atoms with Crippen LogP contribution in [0.2, 0.25) is 0 Å². The van der Waals surface area contributed by atoms with Gasteiger partial charge in [-0.2, -0.15) is 0 Å². The Morgan fingerprint density at radius 1 is 1.19 bits per heavy atom. The van der Waals surface area contributed by atoms with Crippen molar-refractivity contribution in [3.63, 3.8) is 0 Å². The second-order valence-corrected chi connectivity index (χ2v) is 4.90. The van der Waals surface area contributed by atoms with Crippen LogP contribution < -0.4 is 10.2 Å². The topological polar surface area (TPSA) is 78.9 Å². The first-order valence-electron chi connectivity index (χ1n) is 7.09. The summed E-state index contributed by atoms with van der Waals surface area (Å²) < 4.78 is 5.31. The van der Waals surface area contributed by atoms with Gasteiger partial charge in [0.25, 0.3) is 5.91 Å². The van der Waals surface area contributed by atoms with Crippen molar-refractivity contribution in [2.45, 2.75) is 12.8 Å². The number of hydrogen-bond acceptors (Lipinski definition) is 4. The Morgan fingerprint density at radius 3 is 2.48 bits per heavy atom. The van der Waals surface area contributed by atoms with Gasteiger partial charge in [-0.3, -0.25) is 9.59 Å². The molecule has 0 bridgehead atoms. The van der Waals surface area contributed by atoms with E-state index in [2.05, 4.69) is 10.2 Å². The third-order valence-electron chi connectivity index (χ3n) is 3.36. The van der Waals surface area contributed by atoms with Gasteiger partial charge in [-0.25, -0.2) is 0 Å². The number of nitrogens with zero attached hydrogens (tertiary/aromatic N) is 1. The highest BCUT2D eigenvalue weighted by atomic mass is 16.5. The molecule has 114 valence electrons. The molecule has 0 atom stereocenters. The van der Waals surface area contributed by atoms with Gasteiger partial charge in [0.1, 0.15) is 0 Å². The summed E-state index contributed by atoms with van der Waals surface area (Å²) in [5.74, 6) is -1.02. The van der Waals surface area contributed by atoms with E-state index < -0.39 is 5.97 Å². The van der Waals surface area contributed by atoms with Crippen LogP contribution in [-0.4, -0.2) is 49.8 Å². The molecule has 21 heavy (non-hydrogen) atoms. The monoisotopic (exact) mass is 292 g/mol. The molecule has 0 aliphatic carbocycles. The zero-order valence-corrected chi connectivity index (χ0v) is 11.9. The number of aliphatic carboxylic acids is 1. The summed E-state index contributed by atoms with van der Waals surface area (Å²) in [5.41, 5.74) is 1.67. The summed E-state index contributed by atoms with van der Waals surface area (Å²) in [5, 5.41) is 11.2. The molecule has 0 spiro atoms. The van der Waals surface area contributed by atoms with Crippen LogP contribution in [0.5, 0.6) is 0 Å². The molecule has 1 aliphatic heterocycles. The van der Waals surface area contributed by atoms with Crippen LogP contribution in [0.4, 0.5) is 5.69 Å². The molecule has 1 fully saturated rings. The molecule has 0 unspecified atom stereocenters. The first kappa shape index (κ1) is 15.3. The largest absolute Gasteiger partial charge is 0.481 e. The Bertz CT molecular complexity index is 481. The van der Waals surface area contributed by atoms with Crippen molar-refractivity contribution >= 4 is 17.6 Å². The maximum absolute atomic E-state index is 11.9. The van der Waals surface area contributed by atoms with Gasteiger partial charge in [0.05, 0.1) is 13.2 Å². The van der Waals surface area contributed by atoms with Gasteiger partial charge in [0.15, 0.2) is 0 Å². The number of rotatable bonds is 6. The summed E-state index contributed by atoms with van der Waals surface area (Å²) in [6.45, 7) is 3.55. The summed E-state index contributed by atoms with van der Waals surface area (Å²) in [6, 6.07) is 7.43. The average molecular weight is 292 g/mol. The molecule has 1 aromatic carbocycles. The molecule has 6 heteroatoms. The van der Waals surface area contributed by atoms with Gasteiger partial charge in [0.2, 0.25) is 0 Å². The second-order valence-electron chi connectivity index (χ2n) is 4.90. The zero-order chi connectivity index (χ0) is 15.1. The van der Waals surface area contributed by atoms with Crippen molar-refractivity contribution < 1.29 is 19.4 Å². The minimum Gasteiger partial charge on any atom is -0.481 e. The summed E-state index contributed by atoms with van der Waals surface area (Å²) >= 11 is 0. The summed E-state index contributed by atoms with van der Waals surface area (Å²) in [4.78, 5) is 24.5. The minimum absolute atomic E-state index is 0.0657. The molecule has 0 aromatic heterocycles. The van der Waals surface area contributed by atoms with E-state index >= 15 is 0 Å². The quantitative estimate of drug-likeness (QED) is 0.768. The van der Waals surface area contributed by atoms with Crippen LogP contribution in [0.15, 0.2) is 24.3 Å². The van der Waals surface area contributed by atoms with Crippen LogP contribution in [-0.2, 0) is 9.53 Å². The molecule has 2 N–H and O–H groups in total. The minimum atomic E-state index is -0.848. The third-order valence-corrected chi connectivity index (χ3v) is 3.36. The lowest BCUT2D eigenvalue weighted by Crippen LogP contribution is -2.36.